The maximum atomic E-state index is 12.2. The summed E-state index contributed by atoms with van der Waals surface area (Å²) >= 11 is 0. The van der Waals surface area contributed by atoms with Crippen LogP contribution in [0, 0.1) is 76.9 Å². The fraction of sp³-hybridized carbons (Fsp3) is 0.868. The maximum absolute atomic E-state index is 12.2. The van der Waals surface area contributed by atoms with Crippen molar-refractivity contribution in [2.24, 2.45) is 51.2 Å². The van der Waals surface area contributed by atoms with Gasteiger partial charge >= 0.3 is 5.97 Å². The zero-order valence-electron chi connectivity index (χ0n) is 28.1. The Bertz CT molecular complexity index is 1020. The zero-order valence-corrected chi connectivity index (χ0v) is 28.1. The van der Waals surface area contributed by atoms with E-state index in [1.807, 2.05) is 0 Å². The van der Waals surface area contributed by atoms with Gasteiger partial charge in [0.15, 0.2) is 6.10 Å². The predicted octanol–water partition coefficient (Wildman–Crippen LogP) is 6.64. The van der Waals surface area contributed by atoms with Gasteiger partial charge in [0.2, 0.25) is 0 Å². The van der Waals surface area contributed by atoms with Gasteiger partial charge in [-0.25, -0.2) is 0 Å². The molecule has 5 unspecified atom stereocenters. The van der Waals surface area contributed by atoms with Crippen LogP contribution in [-0.4, -0.2) is 58.4 Å². The summed E-state index contributed by atoms with van der Waals surface area (Å²) in [4.78, 5) is 12.2. The number of rotatable bonds is 4. The molecule has 2 spiro atoms. The molecule has 6 aliphatic rings. The summed E-state index contributed by atoms with van der Waals surface area (Å²) in [6.45, 7) is 15.1. The van der Waals surface area contributed by atoms with Crippen molar-refractivity contribution >= 4 is 5.97 Å². The van der Waals surface area contributed by atoms with Crippen molar-refractivity contribution in [3.8, 4) is 25.7 Å². The molecular formula is C38H64O6. The van der Waals surface area contributed by atoms with Gasteiger partial charge in [-0.05, 0) is 123 Å². The van der Waals surface area contributed by atoms with Crippen molar-refractivity contribution in [1.29, 1.82) is 0 Å². The Morgan fingerprint density at radius 3 is 2.09 bits per heavy atom. The van der Waals surface area contributed by atoms with Crippen LogP contribution in [0.5, 0.6) is 0 Å². The minimum Gasteiger partial charge on any atom is -0.457 e. The van der Waals surface area contributed by atoms with Crippen molar-refractivity contribution in [1.82, 2.24) is 0 Å². The highest BCUT2D eigenvalue weighted by atomic mass is 16.6. The first-order valence-electron chi connectivity index (χ1n) is 16.6. The Hall–Kier alpha value is -1.57. The molecule has 12 atom stereocenters. The number of aliphatic hydroxyl groups excluding tert-OH is 2. The lowest BCUT2D eigenvalue weighted by Crippen LogP contribution is -2.54. The highest BCUT2D eigenvalue weighted by Gasteiger charge is 2.84. The van der Waals surface area contributed by atoms with E-state index in [-0.39, 0.29) is 37.1 Å². The first kappa shape index (κ1) is 38.6. The van der Waals surface area contributed by atoms with Gasteiger partial charge in [-0.3, -0.25) is 4.79 Å². The Morgan fingerprint density at radius 1 is 0.932 bits per heavy atom. The number of hydrogen-bond acceptors (Lipinski definition) is 6. The summed E-state index contributed by atoms with van der Waals surface area (Å²) in [5.74, 6) is 3.15. The molecule has 0 aromatic carbocycles. The molecule has 5 aliphatic carbocycles. The van der Waals surface area contributed by atoms with Crippen LogP contribution in [0.15, 0.2) is 0 Å². The molecule has 1 saturated heterocycles. The normalized spacial score (nSPS) is 44.4. The summed E-state index contributed by atoms with van der Waals surface area (Å²) in [6, 6.07) is 0. The number of esters is 1. The van der Waals surface area contributed by atoms with E-state index in [0.717, 1.165) is 44.6 Å². The molecule has 6 nitrogen and oxygen atoms in total. The fourth-order valence-electron chi connectivity index (χ4n) is 12.1. The van der Waals surface area contributed by atoms with E-state index in [4.69, 9.17) is 14.6 Å². The van der Waals surface area contributed by atoms with Crippen LogP contribution in [0.3, 0.4) is 0 Å². The fourth-order valence-corrected chi connectivity index (χ4v) is 12.1. The minimum atomic E-state index is -1.13. The lowest BCUT2D eigenvalue weighted by molar-refractivity contribution is -0.201. The molecule has 0 aromatic rings. The quantitative estimate of drug-likeness (QED) is 0.242. The first-order chi connectivity index (χ1) is 20.2. The third-order valence-electron chi connectivity index (χ3n) is 13.9. The highest BCUT2D eigenvalue weighted by Crippen LogP contribution is 2.89. The van der Waals surface area contributed by atoms with Gasteiger partial charge in [0.25, 0.3) is 0 Å². The van der Waals surface area contributed by atoms with E-state index in [1.54, 1.807) is 20.8 Å². The Balaban J connectivity index is 0.000000911. The van der Waals surface area contributed by atoms with Crippen LogP contribution in [0.2, 0.25) is 0 Å². The monoisotopic (exact) mass is 616 g/mol. The number of carbonyl (C=O) groups excluding carboxylic acids is 1. The molecule has 0 radical (unpaired) electrons. The van der Waals surface area contributed by atoms with Crippen molar-refractivity contribution in [2.45, 2.75) is 150 Å². The summed E-state index contributed by atoms with van der Waals surface area (Å²) < 4.78 is 12.6. The average molecular weight is 617 g/mol. The van der Waals surface area contributed by atoms with Gasteiger partial charge in [-0.2, -0.15) is 0 Å². The Morgan fingerprint density at radius 2 is 1.52 bits per heavy atom. The summed E-state index contributed by atoms with van der Waals surface area (Å²) in [7, 11) is 1.00. The van der Waals surface area contributed by atoms with Crippen molar-refractivity contribution in [3.05, 3.63) is 0 Å². The average Bonchev–Trinajstić information content (AvgIpc) is 3.38. The molecule has 1 heterocycles. The molecule has 5 saturated carbocycles. The molecule has 6 heteroatoms. The summed E-state index contributed by atoms with van der Waals surface area (Å²) in [6.07, 6.45) is 25.9. The second-order valence-electron chi connectivity index (χ2n) is 15.6. The Labute approximate surface area is 269 Å². The third kappa shape index (κ3) is 5.35. The largest absolute Gasteiger partial charge is 0.457 e. The molecule has 44 heavy (non-hydrogen) atoms. The van der Waals surface area contributed by atoms with Crippen molar-refractivity contribution in [2.75, 3.05) is 7.11 Å². The number of ether oxygens (including phenoxy) is 2. The number of fused-ring (bicyclic) bond motifs is 4. The zero-order chi connectivity index (χ0) is 32.8. The molecule has 252 valence electrons. The van der Waals surface area contributed by atoms with Crippen LogP contribution >= 0.6 is 0 Å². The predicted molar refractivity (Wildman–Crippen MR) is 177 cm³/mol. The maximum Gasteiger partial charge on any atom is 0.305 e. The van der Waals surface area contributed by atoms with Gasteiger partial charge in [0.1, 0.15) is 0 Å². The molecule has 6 fully saturated rings. The van der Waals surface area contributed by atoms with Gasteiger partial charge in [-0.15, -0.1) is 25.7 Å². The highest BCUT2D eigenvalue weighted by molar-refractivity contribution is 5.69. The van der Waals surface area contributed by atoms with E-state index in [9.17, 15) is 15.0 Å². The van der Waals surface area contributed by atoms with E-state index in [2.05, 4.69) is 53.4 Å². The lowest BCUT2D eigenvalue weighted by Gasteiger charge is -2.59. The standard InChI is InChI=1S/C32H52O5.2C2H2.CH4O.CH4/c1-8-26(34)37-27(29(5,6)35)22-11-9-20-23(36-22)17-21-19-10-12-24-28(3,4)25(33)13-14-32(24)18(2)31(19,32)16-15-30(20,21)7;3*1-2;/h18-25,27,33,35H,8-17H2,1-7H3;2*1-2H;2H,1H3;1H4/t18-,19-,20?,21?,22+,23?,24?,25-,27-,30+,31-,32?;;;;/m0..../s1. The van der Waals surface area contributed by atoms with Crippen LogP contribution in [-0.2, 0) is 14.3 Å². The molecule has 0 amide bonds. The first-order valence-corrected chi connectivity index (χ1v) is 16.6. The number of terminal acetylenes is 2. The minimum absolute atomic E-state index is 0. The van der Waals surface area contributed by atoms with Crippen molar-refractivity contribution < 1.29 is 29.6 Å². The molecule has 0 bridgehead atoms. The van der Waals surface area contributed by atoms with E-state index >= 15 is 0 Å². The van der Waals surface area contributed by atoms with E-state index < -0.39 is 11.7 Å². The van der Waals surface area contributed by atoms with Gasteiger partial charge in [0.05, 0.1) is 23.9 Å². The number of carbonyl (C=O) groups is 1. The van der Waals surface area contributed by atoms with Crippen LogP contribution in [0.25, 0.3) is 0 Å². The third-order valence-corrected chi connectivity index (χ3v) is 13.9. The number of aliphatic hydroxyl groups is 3. The molecule has 3 N–H and O–H groups in total. The SMILES string of the molecule is C.C#C.C#C.CCC(=O)O[C@@H]([C@H]1CCC2C(CC3[C@@H]4CCC5C(C)(C)[C@@H](O)CCC56[C@@H](C)[C@@]46CC[C@]23C)O1)C(C)(C)O.CO. The molecular weight excluding hydrogens is 552 g/mol. The lowest BCUT2D eigenvalue weighted by atomic mass is 9.46. The van der Waals surface area contributed by atoms with Gasteiger partial charge in [0, 0.05) is 13.5 Å². The van der Waals surface area contributed by atoms with E-state index in [1.165, 1.54) is 32.1 Å². The van der Waals surface area contributed by atoms with Crippen LogP contribution < -0.4 is 0 Å². The summed E-state index contributed by atoms with van der Waals surface area (Å²) in [5.41, 5.74) is 0.0854. The summed E-state index contributed by atoms with van der Waals surface area (Å²) in [5, 5.41) is 28.8. The number of hydrogen-bond donors (Lipinski definition) is 3. The smallest absolute Gasteiger partial charge is 0.305 e. The van der Waals surface area contributed by atoms with Crippen LogP contribution in [0.4, 0.5) is 0 Å². The van der Waals surface area contributed by atoms with Gasteiger partial charge < -0.3 is 24.8 Å². The topological polar surface area (TPSA) is 96.2 Å². The van der Waals surface area contributed by atoms with Gasteiger partial charge in [-0.1, -0.05) is 42.0 Å². The molecule has 6 rings (SSSR count). The van der Waals surface area contributed by atoms with Crippen LogP contribution in [0.1, 0.15) is 120 Å². The van der Waals surface area contributed by atoms with Crippen molar-refractivity contribution in [3.63, 3.8) is 0 Å². The second-order valence-corrected chi connectivity index (χ2v) is 15.6. The second kappa shape index (κ2) is 13.7. The molecule has 0 aromatic heterocycles. The molecule has 1 aliphatic heterocycles. The Kier molecular flexibility index (Phi) is 12.0. The van der Waals surface area contributed by atoms with E-state index in [0.29, 0.717) is 40.4 Å².